The van der Waals surface area contributed by atoms with Crippen LogP contribution in [-0.2, 0) is 19.1 Å². The standard InChI is InChI=1S/C10H14F2N2O5/c1-4-19-9(16)6(7(15)8(11)12)5-14(2)13-10(17)18-3/h5,8H,4H2,1-3H3,(H,13,17). The molecule has 0 fully saturated rings. The maximum absolute atomic E-state index is 12.3. The van der Waals surface area contributed by atoms with E-state index >= 15 is 0 Å². The molecule has 9 heteroatoms. The molecule has 1 amide bonds. The van der Waals surface area contributed by atoms with Crippen molar-refractivity contribution in [2.75, 3.05) is 20.8 Å². The predicted octanol–water partition coefficient (Wildman–Crippen LogP) is 0.470. The monoisotopic (exact) mass is 280 g/mol. The zero-order valence-electron chi connectivity index (χ0n) is 10.6. The summed E-state index contributed by atoms with van der Waals surface area (Å²) < 4.78 is 33.4. The molecule has 0 saturated heterocycles. The summed E-state index contributed by atoms with van der Waals surface area (Å²) in [5, 5.41) is 0.832. The molecule has 0 rings (SSSR count). The Bertz CT molecular complexity index is 384. The van der Waals surface area contributed by atoms with Crippen LogP contribution in [0.15, 0.2) is 11.8 Å². The van der Waals surface area contributed by atoms with Gasteiger partial charge in [-0.25, -0.2) is 23.8 Å². The molecule has 0 aromatic heterocycles. The molecule has 0 radical (unpaired) electrons. The number of ether oxygens (including phenoxy) is 2. The molecule has 0 aliphatic heterocycles. The quantitative estimate of drug-likeness (QED) is 0.250. The zero-order chi connectivity index (χ0) is 15.0. The summed E-state index contributed by atoms with van der Waals surface area (Å²) in [7, 11) is 2.30. The van der Waals surface area contributed by atoms with Gasteiger partial charge < -0.3 is 9.47 Å². The topological polar surface area (TPSA) is 84.9 Å². The fraction of sp³-hybridized carbons (Fsp3) is 0.500. The Labute approximate surface area is 108 Å². The van der Waals surface area contributed by atoms with Crippen LogP contribution >= 0.6 is 0 Å². The van der Waals surface area contributed by atoms with Crippen LogP contribution in [0, 0.1) is 0 Å². The van der Waals surface area contributed by atoms with Crippen LogP contribution in [0.4, 0.5) is 13.6 Å². The summed E-state index contributed by atoms with van der Waals surface area (Å²) >= 11 is 0. The summed E-state index contributed by atoms with van der Waals surface area (Å²) in [5.41, 5.74) is 1.16. The van der Waals surface area contributed by atoms with E-state index in [0.717, 1.165) is 18.3 Å². The van der Waals surface area contributed by atoms with Crippen LogP contribution in [0.2, 0.25) is 0 Å². The number of alkyl halides is 2. The Morgan fingerprint density at radius 3 is 2.37 bits per heavy atom. The molecular formula is C10H14F2N2O5. The van der Waals surface area contributed by atoms with Gasteiger partial charge in [-0.05, 0) is 6.92 Å². The maximum atomic E-state index is 12.3. The molecule has 0 atom stereocenters. The summed E-state index contributed by atoms with van der Waals surface area (Å²) in [6.07, 6.45) is -3.53. The first-order valence-corrected chi connectivity index (χ1v) is 5.12. The number of ketones is 1. The Morgan fingerprint density at radius 2 is 1.95 bits per heavy atom. The first-order valence-electron chi connectivity index (χ1n) is 5.12. The van der Waals surface area contributed by atoms with Gasteiger partial charge in [0.25, 0.3) is 0 Å². The first kappa shape index (κ1) is 16.8. The smallest absolute Gasteiger partial charge is 0.425 e. The second kappa shape index (κ2) is 8.01. The van der Waals surface area contributed by atoms with Crippen molar-refractivity contribution < 1.29 is 32.6 Å². The third kappa shape index (κ3) is 5.80. The second-order valence-corrected chi connectivity index (χ2v) is 3.14. The lowest BCUT2D eigenvalue weighted by atomic mass is 10.2. The Hall–Kier alpha value is -2.19. The van der Waals surface area contributed by atoms with E-state index in [1.54, 1.807) is 0 Å². The van der Waals surface area contributed by atoms with Gasteiger partial charge in [0, 0.05) is 13.2 Å². The molecule has 0 spiro atoms. The lowest BCUT2D eigenvalue weighted by molar-refractivity contribution is -0.141. The summed E-state index contributed by atoms with van der Waals surface area (Å²) in [4.78, 5) is 33.4. The number of hydrogen-bond donors (Lipinski definition) is 1. The molecular weight excluding hydrogens is 266 g/mol. The number of nitrogens with one attached hydrogen (secondary N) is 1. The molecule has 0 aliphatic rings. The van der Waals surface area contributed by atoms with Crippen molar-refractivity contribution in [3.63, 3.8) is 0 Å². The van der Waals surface area contributed by atoms with Gasteiger partial charge in [0.05, 0.1) is 13.7 Å². The van der Waals surface area contributed by atoms with Gasteiger partial charge in [0.2, 0.25) is 5.78 Å². The van der Waals surface area contributed by atoms with Crippen molar-refractivity contribution in [3.05, 3.63) is 11.8 Å². The highest BCUT2D eigenvalue weighted by molar-refractivity contribution is 6.18. The van der Waals surface area contributed by atoms with E-state index in [0.29, 0.717) is 0 Å². The average molecular weight is 280 g/mol. The minimum Gasteiger partial charge on any atom is -0.462 e. The number of Topliss-reactive ketones (excluding diaryl/α,β-unsaturated/α-hetero) is 1. The van der Waals surface area contributed by atoms with Gasteiger partial charge >= 0.3 is 18.5 Å². The average Bonchev–Trinajstić information content (AvgIpc) is 2.34. The minimum absolute atomic E-state index is 0.0825. The molecule has 19 heavy (non-hydrogen) atoms. The van der Waals surface area contributed by atoms with E-state index in [1.807, 2.05) is 5.43 Å². The van der Waals surface area contributed by atoms with Crippen molar-refractivity contribution in [1.82, 2.24) is 10.4 Å². The molecule has 108 valence electrons. The van der Waals surface area contributed by atoms with Gasteiger partial charge in [-0.2, -0.15) is 0 Å². The lowest BCUT2D eigenvalue weighted by Crippen LogP contribution is -2.37. The third-order valence-corrected chi connectivity index (χ3v) is 1.73. The number of rotatable bonds is 6. The molecule has 0 aromatic rings. The highest BCUT2D eigenvalue weighted by atomic mass is 19.3. The van der Waals surface area contributed by atoms with E-state index in [-0.39, 0.29) is 6.61 Å². The number of halogens is 2. The normalized spacial score (nSPS) is 10.9. The van der Waals surface area contributed by atoms with Crippen LogP contribution < -0.4 is 5.43 Å². The molecule has 0 heterocycles. The summed E-state index contributed by atoms with van der Waals surface area (Å²) in [6, 6.07) is 0. The summed E-state index contributed by atoms with van der Waals surface area (Å²) in [6.45, 7) is 1.37. The van der Waals surface area contributed by atoms with Crippen molar-refractivity contribution >= 4 is 17.8 Å². The molecule has 0 unspecified atom stereocenters. The van der Waals surface area contributed by atoms with Gasteiger partial charge in [0.15, 0.2) is 0 Å². The number of esters is 1. The Morgan fingerprint density at radius 1 is 1.37 bits per heavy atom. The second-order valence-electron chi connectivity index (χ2n) is 3.14. The van der Waals surface area contributed by atoms with Crippen molar-refractivity contribution in [2.45, 2.75) is 13.3 Å². The van der Waals surface area contributed by atoms with Gasteiger partial charge in [0.1, 0.15) is 5.57 Å². The number of carbonyl (C=O) groups excluding carboxylic acids is 3. The van der Waals surface area contributed by atoms with Crippen molar-refractivity contribution in [3.8, 4) is 0 Å². The Balaban J connectivity index is 5.06. The molecule has 7 nitrogen and oxygen atoms in total. The lowest BCUT2D eigenvalue weighted by Gasteiger charge is -2.16. The van der Waals surface area contributed by atoms with E-state index < -0.39 is 29.8 Å². The molecule has 0 aromatic carbocycles. The molecule has 0 aliphatic carbocycles. The van der Waals surface area contributed by atoms with E-state index in [2.05, 4.69) is 9.47 Å². The van der Waals surface area contributed by atoms with Gasteiger partial charge in [-0.1, -0.05) is 0 Å². The molecule has 1 N–H and O–H groups in total. The van der Waals surface area contributed by atoms with Crippen molar-refractivity contribution in [1.29, 1.82) is 0 Å². The Kier molecular flexibility index (Phi) is 7.08. The number of nitrogens with zero attached hydrogens (tertiary/aromatic N) is 1. The van der Waals surface area contributed by atoms with Gasteiger partial charge in [-0.15, -0.1) is 0 Å². The zero-order valence-corrected chi connectivity index (χ0v) is 10.6. The largest absolute Gasteiger partial charge is 0.462 e. The highest BCUT2D eigenvalue weighted by Gasteiger charge is 2.28. The molecule has 0 bridgehead atoms. The fourth-order valence-electron chi connectivity index (χ4n) is 0.959. The predicted molar refractivity (Wildman–Crippen MR) is 59.0 cm³/mol. The fourth-order valence-corrected chi connectivity index (χ4v) is 0.959. The summed E-state index contributed by atoms with van der Waals surface area (Å²) in [5.74, 6) is -2.90. The maximum Gasteiger partial charge on any atom is 0.425 e. The number of carbonyl (C=O) groups is 3. The first-order chi connectivity index (χ1) is 8.83. The third-order valence-electron chi connectivity index (χ3n) is 1.73. The molecule has 0 saturated carbocycles. The van der Waals surface area contributed by atoms with Crippen LogP contribution in [-0.4, -0.2) is 50.0 Å². The number of hydrazine groups is 1. The van der Waals surface area contributed by atoms with E-state index in [1.165, 1.54) is 14.0 Å². The minimum atomic E-state index is -3.36. The van der Waals surface area contributed by atoms with E-state index in [9.17, 15) is 23.2 Å². The van der Waals surface area contributed by atoms with Crippen LogP contribution in [0.5, 0.6) is 0 Å². The SMILES string of the molecule is CCOC(=O)C(=CN(C)NC(=O)OC)C(=O)C(F)F. The van der Waals surface area contributed by atoms with Crippen molar-refractivity contribution in [2.24, 2.45) is 0 Å². The number of methoxy groups -OCH3 is 1. The number of amides is 1. The van der Waals surface area contributed by atoms with Crippen LogP contribution in [0.1, 0.15) is 6.92 Å². The van der Waals surface area contributed by atoms with Crippen LogP contribution in [0.3, 0.4) is 0 Å². The van der Waals surface area contributed by atoms with Gasteiger partial charge in [-0.3, -0.25) is 9.80 Å². The highest BCUT2D eigenvalue weighted by Crippen LogP contribution is 2.08. The number of hydrogen-bond acceptors (Lipinski definition) is 6. The van der Waals surface area contributed by atoms with Crippen LogP contribution in [0.25, 0.3) is 0 Å². The van der Waals surface area contributed by atoms with E-state index in [4.69, 9.17) is 0 Å².